The van der Waals surface area contributed by atoms with Crippen LogP contribution in [0, 0.1) is 19.7 Å². The standard InChI is InChI=1S/C34H25FN2O4/c1-20-11-14-22(15-12-20)18-37-32(39)31-29(30(38)24-17-21(2)13-16-28(24)41-31)34(37)25-8-4-6-10-27(25)36(33(34)40)19-23-7-3-5-9-26(23)35/h3-17H,18-19H2,1-2H3. The summed E-state index contributed by atoms with van der Waals surface area (Å²) in [7, 11) is 0. The molecule has 1 aromatic heterocycles. The van der Waals surface area contributed by atoms with Gasteiger partial charge in [-0.3, -0.25) is 14.4 Å². The first-order chi connectivity index (χ1) is 19.8. The second kappa shape index (κ2) is 8.99. The molecular weight excluding hydrogens is 519 g/mol. The highest BCUT2D eigenvalue weighted by atomic mass is 19.1. The Bertz CT molecular complexity index is 1960. The summed E-state index contributed by atoms with van der Waals surface area (Å²) in [5, 5.41) is 0.297. The van der Waals surface area contributed by atoms with Crippen molar-refractivity contribution in [1.29, 1.82) is 0 Å². The van der Waals surface area contributed by atoms with Crippen molar-refractivity contribution >= 4 is 28.5 Å². The molecular formula is C34H25FN2O4. The van der Waals surface area contributed by atoms with Crippen LogP contribution >= 0.6 is 0 Å². The smallest absolute Gasteiger partial charge is 0.291 e. The topological polar surface area (TPSA) is 70.8 Å². The first-order valence-corrected chi connectivity index (χ1v) is 13.4. The Morgan fingerprint density at radius 3 is 2.29 bits per heavy atom. The number of amides is 2. The molecule has 3 heterocycles. The highest BCUT2D eigenvalue weighted by Gasteiger charge is 2.65. The van der Waals surface area contributed by atoms with Crippen molar-refractivity contribution in [2.45, 2.75) is 32.5 Å². The molecule has 1 atom stereocenters. The summed E-state index contributed by atoms with van der Waals surface area (Å²) in [5.41, 5.74) is 2.08. The number of halogens is 1. The van der Waals surface area contributed by atoms with E-state index >= 15 is 0 Å². The lowest BCUT2D eigenvalue weighted by Crippen LogP contribution is -2.53. The van der Waals surface area contributed by atoms with Gasteiger partial charge in [0, 0.05) is 17.7 Å². The summed E-state index contributed by atoms with van der Waals surface area (Å²) in [4.78, 5) is 46.3. The molecule has 0 radical (unpaired) electrons. The number of para-hydroxylation sites is 1. The van der Waals surface area contributed by atoms with E-state index in [-0.39, 0.29) is 30.0 Å². The van der Waals surface area contributed by atoms with E-state index < -0.39 is 28.6 Å². The molecule has 41 heavy (non-hydrogen) atoms. The number of aryl methyl sites for hydroxylation is 2. The molecule has 1 spiro atoms. The average Bonchev–Trinajstić information content (AvgIpc) is 3.36. The quantitative estimate of drug-likeness (QED) is 0.279. The molecule has 0 saturated carbocycles. The highest BCUT2D eigenvalue weighted by Crippen LogP contribution is 2.53. The Hall–Kier alpha value is -5.04. The van der Waals surface area contributed by atoms with Crippen LogP contribution < -0.4 is 10.3 Å². The molecule has 2 aliphatic heterocycles. The van der Waals surface area contributed by atoms with Gasteiger partial charge in [-0.25, -0.2) is 4.39 Å². The predicted octanol–water partition coefficient (Wildman–Crippen LogP) is 6.00. The van der Waals surface area contributed by atoms with Crippen LogP contribution in [-0.4, -0.2) is 16.7 Å². The molecule has 2 amide bonds. The number of carbonyl (C=O) groups excluding carboxylic acids is 2. The summed E-state index contributed by atoms with van der Waals surface area (Å²) in [6.45, 7) is 3.83. The second-order valence-electron chi connectivity index (χ2n) is 10.7. The Kier molecular flexibility index (Phi) is 5.47. The number of fused-ring (bicyclic) bond motifs is 5. The van der Waals surface area contributed by atoms with Crippen LogP contribution in [0.3, 0.4) is 0 Å². The van der Waals surface area contributed by atoms with Crippen molar-refractivity contribution in [2.75, 3.05) is 4.90 Å². The van der Waals surface area contributed by atoms with Gasteiger partial charge in [0.2, 0.25) is 5.76 Å². The molecule has 4 aromatic carbocycles. The van der Waals surface area contributed by atoms with E-state index in [0.29, 0.717) is 22.2 Å². The van der Waals surface area contributed by atoms with Crippen LogP contribution in [0.2, 0.25) is 0 Å². The van der Waals surface area contributed by atoms with Gasteiger partial charge in [-0.2, -0.15) is 0 Å². The molecule has 0 fully saturated rings. The molecule has 7 heteroatoms. The molecule has 0 aliphatic carbocycles. The zero-order valence-corrected chi connectivity index (χ0v) is 22.5. The first-order valence-electron chi connectivity index (χ1n) is 13.4. The van der Waals surface area contributed by atoms with Gasteiger partial charge in [0.05, 0.1) is 23.2 Å². The minimum absolute atomic E-state index is 0.00111. The Morgan fingerprint density at radius 2 is 1.51 bits per heavy atom. The van der Waals surface area contributed by atoms with Crippen LogP contribution in [0.4, 0.5) is 10.1 Å². The van der Waals surface area contributed by atoms with Crippen LogP contribution in [-0.2, 0) is 23.4 Å². The number of nitrogens with zero attached hydrogens (tertiary/aromatic N) is 2. The summed E-state index contributed by atoms with van der Waals surface area (Å²) in [6, 6.07) is 26.2. The molecule has 0 N–H and O–H groups in total. The van der Waals surface area contributed by atoms with E-state index in [0.717, 1.165) is 16.7 Å². The lowest BCUT2D eigenvalue weighted by atomic mass is 9.83. The Balaban J connectivity index is 1.52. The van der Waals surface area contributed by atoms with Gasteiger partial charge >= 0.3 is 0 Å². The minimum atomic E-state index is -1.78. The largest absolute Gasteiger partial charge is 0.450 e. The lowest BCUT2D eigenvalue weighted by Gasteiger charge is -2.34. The molecule has 202 valence electrons. The lowest BCUT2D eigenvalue weighted by molar-refractivity contribution is -0.126. The van der Waals surface area contributed by atoms with E-state index in [9.17, 15) is 18.8 Å². The van der Waals surface area contributed by atoms with E-state index in [1.54, 1.807) is 54.6 Å². The van der Waals surface area contributed by atoms with Gasteiger partial charge in [0.1, 0.15) is 11.4 Å². The average molecular weight is 545 g/mol. The predicted molar refractivity (Wildman–Crippen MR) is 153 cm³/mol. The summed E-state index contributed by atoms with van der Waals surface area (Å²) < 4.78 is 21.0. The van der Waals surface area contributed by atoms with E-state index in [4.69, 9.17) is 4.42 Å². The van der Waals surface area contributed by atoms with Crippen molar-refractivity contribution in [3.63, 3.8) is 0 Å². The van der Waals surface area contributed by atoms with Gasteiger partial charge in [0.25, 0.3) is 11.8 Å². The van der Waals surface area contributed by atoms with Gasteiger partial charge < -0.3 is 14.2 Å². The number of anilines is 1. The molecule has 2 aliphatic rings. The van der Waals surface area contributed by atoms with E-state index in [2.05, 4.69) is 0 Å². The number of hydrogen-bond acceptors (Lipinski definition) is 4. The van der Waals surface area contributed by atoms with Crippen LogP contribution in [0.15, 0.2) is 100 Å². The maximum atomic E-state index is 14.8. The minimum Gasteiger partial charge on any atom is -0.450 e. The highest BCUT2D eigenvalue weighted by molar-refractivity contribution is 6.17. The monoisotopic (exact) mass is 544 g/mol. The van der Waals surface area contributed by atoms with E-state index in [1.165, 1.54) is 15.9 Å². The van der Waals surface area contributed by atoms with E-state index in [1.807, 2.05) is 44.2 Å². The summed E-state index contributed by atoms with van der Waals surface area (Å²) >= 11 is 0. The van der Waals surface area contributed by atoms with Crippen LogP contribution in [0.25, 0.3) is 11.0 Å². The number of rotatable bonds is 4. The van der Waals surface area contributed by atoms with Crippen molar-refractivity contribution in [3.8, 4) is 0 Å². The zero-order valence-electron chi connectivity index (χ0n) is 22.5. The molecule has 1 unspecified atom stereocenters. The molecule has 6 nitrogen and oxygen atoms in total. The first kappa shape index (κ1) is 25.0. The van der Waals surface area contributed by atoms with Crippen molar-refractivity contribution in [1.82, 2.24) is 4.90 Å². The Morgan fingerprint density at radius 1 is 0.805 bits per heavy atom. The Labute approximate surface area is 235 Å². The number of carbonyl (C=O) groups is 2. The SMILES string of the molecule is Cc1ccc(CN2C(=O)c3oc4ccc(C)cc4c(=O)c3C23C(=O)N(Cc2ccccc2F)c2ccccc23)cc1. The van der Waals surface area contributed by atoms with Gasteiger partial charge in [-0.15, -0.1) is 0 Å². The maximum absolute atomic E-state index is 14.8. The van der Waals surface area contributed by atoms with Crippen molar-refractivity contribution in [3.05, 3.63) is 146 Å². The molecule has 0 saturated heterocycles. The summed E-state index contributed by atoms with van der Waals surface area (Å²) in [5.74, 6) is -1.63. The zero-order chi connectivity index (χ0) is 28.5. The second-order valence-corrected chi connectivity index (χ2v) is 10.7. The number of hydrogen-bond donors (Lipinski definition) is 0. The fraction of sp³-hybridized carbons (Fsp3) is 0.147. The van der Waals surface area contributed by atoms with Crippen molar-refractivity contribution in [2.24, 2.45) is 0 Å². The van der Waals surface area contributed by atoms with Gasteiger partial charge in [0.15, 0.2) is 11.0 Å². The third-order valence-electron chi connectivity index (χ3n) is 8.14. The fourth-order valence-electron chi connectivity index (χ4n) is 6.16. The molecule has 0 bridgehead atoms. The molecule has 7 rings (SSSR count). The van der Waals surface area contributed by atoms with Gasteiger partial charge in [-0.05, 0) is 43.7 Å². The fourth-order valence-corrected chi connectivity index (χ4v) is 6.16. The number of benzene rings is 4. The molecule has 5 aromatic rings. The summed E-state index contributed by atoms with van der Waals surface area (Å²) in [6.07, 6.45) is 0. The van der Waals surface area contributed by atoms with Crippen LogP contribution in [0.5, 0.6) is 0 Å². The van der Waals surface area contributed by atoms with Crippen molar-refractivity contribution < 1.29 is 18.4 Å². The third kappa shape index (κ3) is 3.51. The van der Waals surface area contributed by atoms with Gasteiger partial charge in [-0.1, -0.05) is 77.9 Å². The normalized spacial score (nSPS) is 17.5. The van der Waals surface area contributed by atoms with Crippen LogP contribution in [0.1, 0.15) is 43.9 Å². The third-order valence-corrected chi connectivity index (χ3v) is 8.14. The maximum Gasteiger partial charge on any atom is 0.291 e.